The fourth-order valence-corrected chi connectivity index (χ4v) is 5.93. The van der Waals surface area contributed by atoms with Crippen LogP contribution < -0.4 is 15.4 Å². The second-order valence-corrected chi connectivity index (χ2v) is 12.3. The van der Waals surface area contributed by atoms with Crippen LogP contribution >= 0.6 is 11.3 Å². The third-order valence-corrected chi connectivity index (χ3v) is 9.15. The van der Waals surface area contributed by atoms with Crippen molar-refractivity contribution >= 4 is 55.0 Å². The third kappa shape index (κ3) is 5.02. The summed E-state index contributed by atoms with van der Waals surface area (Å²) in [6.45, 7) is 5.93. The number of aromatic nitrogens is 2. The highest BCUT2D eigenvalue weighted by Gasteiger charge is 2.22. The summed E-state index contributed by atoms with van der Waals surface area (Å²) in [5.74, 6) is 1.32. The zero-order chi connectivity index (χ0) is 26.2. The van der Waals surface area contributed by atoms with Gasteiger partial charge in [0.25, 0.3) is 0 Å². The molecule has 192 valence electrons. The topological polar surface area (TPSA) is 134 Å². The highest BCUT2D eigenvalue weighted by Crippen LogP contribution is 2.40. The Morgan fingerprint density at radius 3 is 2.62 bits per heavy atom. The lowest BCUT2D eigenvalue weighted by Gasteiger charge is -2.28. The number of nitrogen functional groups attached to an aromatic ring is 1. The first kappa shape index (κ1) is 25.1. The van der Waals surface area contributed by atoms with Crippen LogP contribution in [0.1, 0.15) is 19.4 Å². The Balaban J connectivity index is 1.64. The first-order valence-electron chi connectivity index (χ1n) is 11.9. The summed E-state index contributed by atoms with van der Waals surface area (Å²) in [5.41, 5.74) is 10.1. The quantitative estimate of drug-likeness (QED) is 0.232. The van der Waals surface area contributed by atoms with Crippen molar-refractivity contribution in [1.82, 2.24) is 9.97 Å². The number of rotatable bonds is 7. The zero-order valence-corrected chi connectivity index (χ0v) is 22.2. The Morgan fingerprint density at radius 2 is 1.89 bits per heavy atom. The summed E-state index contributed by atoms with van der Waals surface area (Å²) in [7, 11) is -3.46. The van der Waals surface area contributed by atoms with E-state index < -0.39 is 15.3 Å². The summed E-state index contributed by atoms with van der Waals surface area (Å²) < 4.78 is 33.9. The first-order valence-corrected chi connectivity index (χ1v) is 14.3. The van der Waals surface area contributed by atoms with E-state index in [0.29, 0.717) is 54.6 Å². The molecule has 1 saturated heterocycles. The van der Waals surface area contributed by atoms with E-state index in [2.05, 4.69) is 9.62 Å². The smallest absolute Gasteiger partial charge is 0.235 e. The molecule has 0 unspecified atom stereocenters. The van der Waals surface area contributed by atoms with E-state index >= 15 is 0 Å². The van der Waals surface area contributed by atoms with Crippen molar-refractivity contribution in [2.45, 2.75) is 19.1 Å². The summed E-state index contributed by atoms with van der Waals surface area (Å²) in [6.07, 6.45) is 1.23. The number of morpholine rings is 1. The van der Waals surface area contributed by atoms with Crippen LogP contribution in [0, 0.1) is 5.41 Å². The van der Waals surface area contributed by atoms with Crippen LogP contribution in [0.5, 0.6) is 0 Å². The number of benzene rings is 2. The van der Waals surface area contributed by atoms with Crippen molar-refractivity contribution in [2.24, 2.45) is 0 Å². The van der Waals surface area contributed by atoms with E-state index in [4.69, 9.17) is 25.8 Å². The number of anilines is 3. The molecule has 4 aromatic rings. The van der Waals surface area contributed by atoms with Gasteiger partial charge >= 0.3 is 0 Å². The lowest BCUT2D eigenvalue weighted by molar-refractivity contribution is 0.122. The lowest BCUT2D eigenvalue weighted by atomic mass is 10.1. The molecule has 4 N–H and O–H groups in total. The minimum absolute atomic E-state index is 0.496. The van der Waals surface area contributed by atoms with Crippen LogP contribution in [-0.4, -0.2) is 56.2 Å². The second-order valence-electron chi connectivity index (χ2n) is 9.02. The van der Waals surface area contributed by atoms with E-state index in [0.717, 1.165) is 26.5 Å². The summed E-state index contributed by atoms with van der Waals surface area (Å²) in [5, 5.41) is 7.34. The number of fused-ring (bicyclic) bond motifs is 1. The fraction of sp³-hybridized carbons (Fsp3) is 0.269. The third-order valence-electron chi connectivity index (χ3n) is 6.22. The van der Waals surface area contributed by atoms with Crippen LogP contribution in [0.25, 0.3) is 32.0 Å². The van der Waals surface area contributed by atoms with Crippen LogP contribution in [0.15, 0.2) is 48.5 Å². The molecule has 9 nitrogen and oxygen atoms in total. The molecule has 0 radical (unpaired) electrons. The number of hydrogen-bond donors (Lipinski definition) is 3. The largest absolute Gasteiger partial charge is 0.398 e. The molecule has 2 aromatic carbocycles. The van der Waals surface area contributed by atoms with E-state index in [1.165, 1.54) is 6.21 Å². The molecular weight excluding hydrogens is 508 g/mol. The number of nitrogens with zero attached hydrogens (tertiary/aromatic N) is 3. The maximum Gasteiger partial charge on any atom is 0.235 e. The maximum atomic E-state index is 12.4. The normalized spacial score (nSPS) is 14.3. The van der Waals surface area contributed by atoms with E-state index in [9.17, 15) is 8.42 Å². The highest BCUT2D eigenvalue weighted by atomic mass is 32.2. The van der Waals surface area contributed by atoms with Crippen molar-refractivity contribution < 1.29 is 13.2 Å². The Bertz CT molecular complexity index is 1580. The van der Waals surface area contributed by atoms with Crippen LogP contribution in [0.2, 0.25) is 0 Å². The number of hydrogen-bond acceptors (Lipinski definition) is 9. The standard InChI is InChI=1S/C26H28N6O3S2/c1-16(2)37(33,34)31-18-6-3-5-17(13-18)23-14-22-24(36-23)26(32-9-11-35-12-10-32)30-25(29-22)19-7-4-8-21(28)20(19)15-27/h3-8,13-16,27,31H,9-12,28H2,1-2H3. The Hall–Kier alpha value is -3.54. The molecular formula is C26H28N6O3S2. The minimum Gasteiger partial charge on any atom is -0.398 e. The van der Waals surface area contributed by atoms with Crippen molar-refractivity contribution in [3.8, 4) is 21.8 Å². The molecule has 5 rings (SSSR count). The van der Waals surface area contributed by atoms with Gasteiger partial charge in [-0.15, -0.1) is 11.3 Å². The molecule has 11 heteroatoms. The molecule has 1 aliphatic heterocycles. The van der Waals surface area contributed by atoms with Gasteiger partial charge in [-0.1, -0.05) is 24.3 Å². The molecule has 0 aliphatic carbocycles. The van der Waals surface area contributed by atoms with Gasteiger partial charge in [0, 0.05) is 46.7 Å². The molecule has 0 atom stereocenters. The fourth-order valence-electron chi connectivity index (χ4n) is 4.12. The lowest BCUT2D eigenvalue weighted by Crippen LogP contribution is -2.36. The van der Waals surface area contributed by atoms with Gasteiger partial charge < -0.3 is 20.8 Å². The Kier molecular flexibility index (Phi) is 6.84. The molecule has 0 saturated carbocycles. The molecule has 2 aromatic heterocycles. The molecule has 37 heavy (non-hydrogen) atoms. The number of nitrogens with two attached hydrogens (primary N) is 1. The number of sulfonamides is 1. The molecule has 0 amide bonds. The monoisotopic (exact) mass is 536 g/mol. The first-order chi connectivity index (χ1) is 17.8. The number of ether oxygens (including phenoxy) is 1. The summed E-state index contributed by atoms with van der Waals surface area (Å²) >= 11 is 1.57. The minimum atomic E-state index is -3.46. The Labute approximate surface area is 219 Å². The highest BCUT2D eigenvalue weighted by molar-refractivity contribution is 7.93. The van der Waals surface area contributed by atoms with Crippen LogP contribution in [0.4, 0.5) is 17.2 Å². The van der Waals surface area contributed by atoms with Gasteiger partial charge in [-0.25, -0.2) is 18.4 Å². The molecule has 1 fully saturated rings. The predicted molar refractivity (Wildman–Crippen MR) is 151 cm³/mol. The Morgan fingerprint density at radius 1 is 1.14 bits per heavy atom. The van der Waals surface area contributed by atoms with Crippen molar-refractivity contribution in [1.29, 1.82) is 5.41 Å². The average molecular weight is 537 g/mol. The SMILES string of the molecule is CC(C)S(=O)(=O)Nc1cccc(-c2cc3nc(-c4cccc(N)c4C=N)nc(N4CCOCC4)c3s2)c1. The van der Waals surface area contributed by atoms with Gasteiger partial charge in [-0.3, -0.25) is 4.72 Å². The predicted octanol–water partition coefficient (Wildman–Crippen LogP) is 4.59. The van der Waals surface area contributed by atoms with Crippen molar-refractivity contribution in [3.63, 3.8) is 0 Å². The summed E-state index contributed by atoms with van der Waals surface area (Å²) in [4.78, 5) is 13.0. The van der Waals surface area contributed by atoms with E-state index in [1.807, 2.05) is 36.4 Å². The summed E-state index contributed by atoms with van der Waals surface area (Å²) in [6, 6.07) is 14.8. The van der Waals surface area contributed by atoms with Crippen LogP contribution in [0.3, 0.4) is 0 Å². The molecule has 1 aliphatic rings. The van der Waals surface area contributed by atoms with Crippen molar-refractivity contribution in [2.75, 3.05) is 41.7 Å². The maximum absolute atomic E-state index is 12.4. The van der Waals surface area contributed by atoms with E-state index in [1.54, 1.807) is 37.3 Å². The van der Waals surface area contributed by atoms with Gasteiger partial charge in [-0.05, 0) is 43.7 Å². The second kappa shape index (κ2) is 10.1. The molecule has 0 spiro atoms. The van der Waals surface area contributed by atoms with Crippen LogP contribution in [-0.2, 0) is 14.8 Å². The van der Waals surface area contributed by atoms with Gasteiger partial charge in [0.15, 0.2) is 11.6 Å². The zero-order valence-electron chi connectivity index (χ0n) is 20.6. The number of nitrogens with one attached hydrogen (secondary N) is 2. The van der Waals surface area contributed by atoms with Gasteiger partial charge in [0.2, 0.25) is 10.0 Å². The number of thiophene rings is 1. The molecule has 3 heterocycles. The van der Waals surface area contributed by atoms with Crippen molar-refractivity contribution in [3.05, 3.63) is 54.1 Å². The van der Waals surface area contributed by atoms with Gasteiger partial charge in [0.05, 0.1) is 28.7 Å². The van der Waals surface area contributed by atoms with E-state index in [-0.39, 0.29) is 0 Å². The average Bonchev–Trinajstić information content (AvgIpc) is 3.33. The van der Waals surface area contributed by atoms with Gasteiger partial charge in [0.1, 0.15) is 0 Å². The van der Waals surface area contributed by atoms with Gasteiger partial charge in [-0.2, -0.15) is 0 Å². The molecule has 0 bridgehead atoms.